The number of rotatable bonds is 5. The highest BCUT2D eigenvalue weighted by atomic mass is 15.5. The molecule has 0 spiro atoms. The van der Waals surface area contributed by atoms with Gasteiger partial charge in [0.1, 0.15) is 5.52 Å². The Balaban J connectivity index is 1.56. The first kappa shape index (κ1) is 20.3. The highest BCUT2D eigenvalue weighted by Crippen LogP contribution is 2.33. The molecule has 3 aromatic carbocycles. The lowest BCUT2D eigenvalue weighted by Crippen LogP contribution is -2.32. The monoisotopic (exact) mass is 448 g/mol. The maximum atomic E-state index is 4.97. The van der Waals surface area contributed by atoms with Gasteiger partial charge in [-0.25, -0.2) is 0 Å². The Hall–Kier alpha value is -4.33. The lowest BCUT2D eigenvalue weighted by Gasteiger charge is -2.28. The first-order valence-corrected chi connectivity index (χ1v) is 11.6. The van der Waals surface area contributed by atoms with Crippen molar-refractivity contribution >= 4 is 34.3 Å². The van der Waals surface area contributed by atoms with Gasteiger partial charge in [-0.3, -0.25) is 4.90 Å². The van der Waals surface area contributed by atoms with Crippen LogP contribution in [0.5, 0.6) is 0 Å². The molecule has 0 radical (unpaired) electrons. The van der Waals surface area contributed by atoms with Crippen LogP contribution in [0.25, 0.3) is 17.0 Å². The Kier molecular flexibility index (Phi) is 5.31. The molecule has 5 aromatic rings. The van der Waals surface area contributed by atoms with Crippen molar-refractivity contribution in [3.05, 3.63) is 84.9 Å². The number of benzene rings is 3. The molecule has 0 N–H and O–H groups in total. The van der Waals surface area contributed by atoms with Crippen molar-refractivity contribution < 1.29 is 0 Å². The van der Waals surface area contributed by atoms with E-state index >= 15 is 0 Å². The minimum atomic E-state index is 0.455. The lowest BCUT2D eigenvalue weighted by atomic mass is 10.1. The smallest absolute Gasteiger partial charge is 0.259 e. The molecule has 1 fully saturated rings. The second-order valence-corrected chi connectivity index (χ2v) is 8.28. The maximum absolute atomic E-state index is 4.97. The second kappa shape index (κ2) is 8.90. The van der Waals surface area contributed by atoms with Crippen LogP contribution in [0.4, 0.5) is 23.3 Å². The van der Waals surface area contributed by atoms with Crippen molar-refractivity contribution in [3.8, 4) is 5.95 Å². The highest BCUT2D eigenvalue weighted by Gasteiger charge is 2.22. The van der Waals surface area contributed by atoms with Crippen molar-refractivity contribution in [1.29, 1.82) is 0 Å². The van der Waals surface area contributed by atoms with Crippen molar-refractivity contribution in [2.45, 2.75) is 19.3 Å². The van der Waals surface area contributed by atoms with Crippen LogP contribution >= 0.6 is 0 Å². The number of anilines is 4. The molecule has 3 heterocycles. The summed E-state index contributed by atoms with van der Waals surface area (Å²) in [5.41, 5.74) is 3.60. The minimum absolute atomic E-state index is 0.455. The summed E-state index contributed by atoms with van der Waals surface area (Å²) < 4.78 is 1.70. The van der Waals surface area contributed by atoms with Crippen LogP contribution in [0.3, 0.4) is 0 Å². The normalized spacial score (nSPS) is 13.8. The second-order valence-electron chi connectivity index (χ2n) is 8.28. The van der Waals surface area contributed by atoms with Crippen LogP contribution in [0.2, 0.25) is 0 Å². The number of aromatic nitrogens is 6. The fraction of sp³-hybridized carbons (Fsp3) is 0.192. The predicted octanol–water partition coefficient (Wildman–Crippen LogP) is 5.07. The van der Waals surface area contributed by atoms with Gasteiger partial charge in [0.2, 0.25) is 11.9 Å². The van der Waals surface area contributed by atoms with Gasteiger partial charge in [-0.15, -0.1) is 5.10 Å². The Morgan fingerprint density at radius 3 is 1.94 bits per heavy atom. The van der Waals surface area contributed by atoms with Gasteiger partial charge in [-0.1, -0.05) is 53.7 Å². The van der Waals surface area contributed by atoms with E-state index in [1.165, 1.54) is 6.42 Å². The van der Waals surface area contributed by atoms with E-state index in [-0.39, 0.29) is 0 Å². The average Bonchev–Trinajstić information content (AvgIpc) is 3.35. The SMILES string of the molecule is c1ccc(N(c2ccccc2)c2nc(N3CCCCC3)nc(-n3nnc4ccccc43)n2)cc1. The summed E-state index contributed by atoms with van der Waals surface area (Å²) in [7, 11) is 0. The number of hydrogen-bond donors (Lipinski definition) is 0. The first-order valence-electron chi connectivity index (χ1n) is 11.6. The van der Waals surface area contributed by atoms with Gasteiger partial charge in [0.15, 0.2) is 0 Å². The molecule has 2 aromatic heterocycles. The van der Waals surface area contributed by atoms with Crippen molar-refractivity contribution in [3.63, 3.8) is 0 Å². The molecule has 6 rings (SSSR count). The Labute approximate surface area is 197 Å². The molecule has 34 heavy (non-hydrogen) atoms. The molecular formula is C26H24N8. The van der Waals surface area contributed by atoms with E-state index in [9.17, 15) is 0 Å². The van der Waals surface area contributed by atoms with Crippen LogP contribution in [0, 0.1) is 0 Å². The van der Waals surface area contributed by atoms with Crippen LogP contribution in [-0.2, 0) is 0 Å². The molecule has 1 aliphatic heterocycles. The third-order valence-corrected chi connectivity index (χ3v) is 6.01. The van der Waals surface area contributed by atoms with Gasteiger partial charge in [-0.05, 0) is 55.7 Å². The standard InChI is InChI=1S/C26H24N8/c1-4-12-20(13-5-1)33(21-14-6-2-7-15-21)25-27-24(32-18-10-3-11-19-32)28-26(29-25)34-23-17-9-8-16-22(23)30-31-34/h1-2,4-9,12-17H,3,10-11,18-19H2. The Morgan fingerprint density at radius 2 is 1.24 bits per heavy atom. The van der Waals surface area contributed by atoms with E-state index in [1.54, 1.807) is 4.68 Å². The molecule has 0 amide bonds. The van der Waals surface area contributed by atoms with Crippen molar-refractivity contribution in [1.82, 2.24) is 29.9 Å². The predicted molar refractivity (Wildman–Crippen MR) is 133 cm³/mol. The van der Waals surface area contributed by atoms with Gasteiger partial charge in [0.05, 0.1) is 5.52 Å². The molecule has 1 aliphatic rings. The summed E-state index contributed by atoms with van der Waals surface area (Å²) in [5.74, 6) is 1.66. The number of piperidine rings is 1. The third-order valence-electron chi connectivity index (χ3n) is 6.01. The number of para-hydroxylation sites is 3. The van der Waals surface area contributed by atoms with E-state index in [2.05, 4.69) is 44.4 Å². The zero-order valence-electron chi connectivity index (χ0n) is 18.7. The van der Waals surface area contributed by atoms with Crippen LogP contribution in [-0.4, -0.2) is 43.0 Å². The fourth-order valence-corrected chi connectivity index (χ4v) is 4.32. The van der Waals surface area contributed by atoms with Gasteiger partial charge >= 0.3 is 0 Å². The third kappa shape index (κ3) is 3.83. The lowest BCUT2D eigenvalue weighted by molar-refractivity contribution is 0.566. The van der Waals surface area contributed by atoms with Crippen LogP contribution in [0.15, 0.2) is 84.9 Å². The topological polar surface area (TPSA) is 75.9 Å². The molecule has 0 saturated carbocycles. The molecule has 1 saturated heterocycles. The van der Waals surface area contributed by atoms with Crippen LogP contribution in [0.1, 0.15) is 19.3 Å². The largest absolute Gasteiger partial charge is 0.341 e. The van der Waals surface area contributed by atoms with Gasteiger partial charge in [0.25, 0.3) is 5.95 Å². The molecule has 0 aliphatic carbocycles. The molecule has 168 valence electrons. The summed E-state index contributed by atoms with van der Waals surface area (Å²) in [6.07, 6.45) is 3.49. The molecule has 8 nitrogen and oxygen atoms in total. The molecule has 0 atom stereocenters. The number of nitrogens with zero attached hydrogens (tertiary/aromatic N) is 8. The number of hydrogen-bond acceptors (Lipinski definition) is 7. The van der Waals surface area contributed by atoms with Crippen LogP contribution < -0.4 is 9.80 Å². The first-order chi connectivity index (χ1) is 16.9. The summed E-state index contributed by atoms with van der Waals surface area (Å²) in [6, 6.07) is 28.1. The van der Waals surface area contributed by atoms with E-state index in [1.807, 2.05) is 60.7 Å². The van der Waals surface area contributed by atoms with Crippen molar-refractivity contribution in [2.75, 3.05) is 22.9 Å². The Bertz CT molecular complexity index is 1360. The van der Waals surface area contributed by atoms with Gasteiger partial charge < -0.3 is 4.90 Å². The highest BCUT2D eigenvalue weighted by molar-refractivity contribution is 5.76. The molecule has 8 heteroatoms. The molecular weight excluding hydrogens is 424 g/mol. The summed E-state index contributed by atoms with van der Waals surface area (Å²) in [4.78, 5) is 19.0. The summed E-state index contributed by atoms with van der Waals surface area (Å²) in [6.45, 7) is 1.86. The Morgan fingerprint density at radius 1 is 0.618 bits per heavy atom. The van der Waals surface area contributed by atoms with Gasteiger partial charge in [0, 0.05) is 24.5 Å². The maximum Gasteiger partial charge on any atom is 0.259 e. The summed E-state index contributed by atoms with van der Waals surface area (Å²) >= 11 is 0. The molecule has 0 bridgehead atoms. The quantitative estimate of drug-likeness (QED) is 0.372. The minimum Gasteiger partial charge on any atom is -0.341 e. The van der Waals surface area contributed by atoms with Gasteiger partial charge in [-0.2, -0.15) is 19.6 Å². The van der Waals surface area contributed by atoms with E-state index < -0.39 is 0 Å². The number of fused-ring (bicyclic) bond motifs is 1. The average molecular weight is 449 g/mol. The van der Waals surface area contributed by atoms with Crippen molar-refractivity contribution in [2.24, 2.45) is 0 Å². The van der Waals surface area contributed by atoms with E-state index in [0.717, 1.165) is 48.3 Å². The summed E-state index contributed by atoms with van der Waals surface area (Å²) in [5, 5.41) is 8.69. The van der Waals surface area contributed by atoms with E-state index in [4.69, 9.17) is 15.0 Å². The molecule has 0 unspecified atom stereocenters. The zero-order chi connectivity index (χ0) is 22.7. The fourth-order valence-electron chi connectivity index (χ4n) is 4.32. The van der Waals surface area contributed by atoms with E-state index in [0.29, 0.717) is 17.8 Å². The zero-order valence-corrected chi connectivity index (χ0v) is 18.7.